The fourth-order valence-electron chi connectivity index (χ4n) is 2.97. The van der Waals surface area contributed by atoms with Crippen molar-refractivity contribution in [1.29, 1.82) is 0 Å². The standard InChI is InChI=1S/C20H29FN4O4S/c1-5-22-19(26)25(15(2)3)13-18-12-23-20(24(18)10-11-29-4)30(27,28)14-16-6-8-17(21)9-7-16/h6-9,12,15H,5,10-11,13-14H2,1-4H3,(H,22,26). The number of carbonyl (C=O) groups excluding carboxylic acids is 1. The fraction of sp³-hybridized carbons (Fsp3) is 0.500. The van der Waals surface area contributed by atoms with Crippen molar-refractivity contribution in [2.24, 2.45) is 0 Å². The highest BCUT2D eigenvalue weighted by molar-refractivity contribution is 7.90. The highest BCUT2D eigenvalue weighted by Gasteiger charge is 2.26. The summed E-state index contributed by atoms with van der Waals surface area (Å²) in [4.78, 5) is 18.2. The van der Waals surface area contributed by atoms with E-state index < -0.39 is 15.7 Å². The molecule has 0 radical (unpaired) electrons. The Balaban J connectivity index is 2.37. The molecule has 1 aromatic heterocycles. The maximum Gasteiger partial charge on any atom is 0.317 e. The first-order chi connectivity index (χ1) is 14.2. The molecule has 0 saturated heterocycles. The molecule has 0 atom stereocenters. The largest absolute Gasteiger partial charge is 0.383 e. The number of amides is 2. The van der Waals surface area contributed by atoms with Crippen LogP contribution in [0, 0.1) is 5.82 Å². The van der Waals surface area contributed by atoms with Crippen molar-refractivity contribution in [3.05, 3.63) is 47.5 Å². The van der Waals surface area contributed by atoms with Crippen molar-refractivity contribution in [3.8, 4) is 0 Å². The van der Waals surface area contributed by atoms with E-state index in [0.717, 1.165) is 0 Å². The number of hydrogen-bond acceptors (Lipinski definition) is 5. The van der Waals surface area contributed by atoms with Gasteiger partial charge in [-0.2, -0.15) is 0 Å². The maximum absolute atomic E-state index is 13.1. The summed E-state index contributed by atoms with van der Waals surface area (Å²) in [5.41, 5.74) is 1.05. The zero-order chi connectivity index (χ0) is 22.3. The third kappa shape index (κ3) is 6.02. The number of nitrogens with one attached hydrogen (secondary N) is 1. The number of benzene rings is 1. The van der Waals surface area contributed by atoms with E-state index in [9.17, 15) is 17.6 Å². The van der Waals surface area contributed by atoms with Gasteiger partial charge in [-0.15, -0.1) is 0 Å². The van der Waals surface area contributed by atoms with Gasteiger partial charge in [0, 0.05) is 26.2 Å². The van der Waals surface area contributed by atoms with E-state index in [0.29, 0.717) is 17.8 Å². The van der Waals surface area contributed by atoms with Gasteiger partial charge >= 0.3 is 6.03 Å². The summed E-state index contributed by atoms with van der Waals surface area (Å²) in [6.45, 7) is 6.85. The highest BCUT2D eigenvalue weighted by atomic mass is 32.2. The zero-order valence-electron chi connectivity index (χ0n) is 17.8. The molecule has 1 aromatic carbocycles. The average molecular weight is 441 g/mol. The Bertz CT molecular complexity index is 942. The van der Waals surface area contributed by atoms with Crippen LogP contribution in [0.5, 0.6) is 0 Å². The van der Waals surface area contributed by atoms with Crippen LogP contribution in [0.15, 0.2) is 35.6 Å². The summed E-state index contributed by atoms with van der Waals surface area (Å²) in [5.74, 6) is -0.736. The first-order valence-electron chi connectivity index (χ1n) is 9.74. The smallest absolute Gasteiger partial charge is 0.317 e. The molecule has 0 bridgehead atoms. The third-order valence-corrected chi connectivity index (χ3v) is 6.11. The number of rotatable bonds is 10. The molecule has 0 unspecified atom stereocenters. The van der Waals surface area contributed by atoms with Crippen LogP contribution in [0.2, 0.25) is 0 Å². The van der Waals surface area contributed by atoms with Crippen molar-refractivity contribution in [2.75, 3.05) is 20.3 Å². The van der Waals surface area contributed by atoms with Crippen LogP contribution in [0.4, 0.5) is 9.18 Å². The van der Waals surface area contributed by atoms with E-state index in [2.05, 4.69) is 10.3 Å². The molecule has 2 rings (SSSR count). The van der Waals surface area contributed by atoms with E-state index in [4.69, 9.17) is 4.74 Å². The Morgan fingerprint density at radius 3 is 2.53 bits per heavy atom. The fourth-order valence-corrected chi connectivity index (χ4v) is 4.49. The number of imidazole rings is 1. The quantitative estimate of drug-likeness (QED) is 0.613. The minimum Gasteiger partial charge on any atom is -0.383 e. The van der Waals surface area contributed by atoms with Gasteiger partial charge in [0.15, 0.2) is 0 Å². The molecule has 2 aromatic rings. The first-order valence-corrected chi connectivity index (χ1v) is 11.4. The second kappa shape index (κ2) is 10.5. The molecule has 0 aliphatic carbocycles. The van der Waals surface area contributed by atoms with Gasteiger partial charge in [-0.1, -0.05) is 12.1 Å². The maximum atomic E-state index is 13.1. The number of halogens is 1. The Labute approximate surface area is 177 Å². The molecule has 0 spiro atoms. The highest BCUT2D eigenvalue weighted by Crippen LogP contribution is 2.20. The Morgan fingerprint density at radius 2 is 1.97 bits per heavy atom. The average Bonchev–Trinajstić information content (AvgIpc) is 3.09. The molecule has 10 heteroatoms. The molecule has 8 nitrogen and oxygen atoms in total. The molecule has 166 valence electrons. The molecule has 1 heterocycles. The summed E-state index contributed by atoms with van der Waals surface area (Å²) < 4.78 is 45.9. The summed E-state index contributed by atoms with van der Waals surface area (Å²) in [6.07, 6.45) is 1.47. The van der Waals surface area contributed by atoms with Gasteiger partial charge in [0.2, 0.25) is 15.0 Å². The lowest BCUT2D eigenvalue weighted by Gasteiger charge is -2.27. The van der Waals surface area contributed by atoms with Gasteiger partial charge in [0.25, 0.3) is 0 Å². The summed E-state index contributed by atoms with van der Waals surface area (Å²) in [5, 5.41) is 2.67. The SMILES string of the molecule is CCNC(=O)N(Cc1cnc(S(=O)(=O)Cc2ccc(F)cc2)n1CCOC)C(C)C. The summed E-state index contributed by atoms with van der Waals surface area (Å²) in [6, 6.07) is 4.99. The van der Waals surface area contributed by atoms with Crippen LogP contribution < -0.4 is 5.32 Å². The van der Waals surface area contributed by atoms with E-state index in [1.54, 1.807) is 9.47 Å². The molecule has 0 saturated carbocycles. The van der Waals surface area contributed by atoms with Gasteiger partial charge < -0.3 is 19.5 Å². The molecular weight excluding hydrogens is 411 g/mol. The lowest BCUT2D eigenvalue weighted by molar-refractivity contribution is 0.172. The Hall–Kier alpha value is -2.46. The normalized spacial score (nSPS) is 11.7. The topological polar surface area (TPSA) is 93.5 Å². The van der Waals surface area contributed by atoms with Crippen molar-refractivity contribution >= 4 is 15.9 Å². The van der Waals surface area contributed by atoms with Gasteiger partial charge in [0.05, 0.1) is 30.8 Å². The van der Waals surface area contributed by atoms with Crippen molar-refractivity contribution in [2.45, 2.75) is 50.8 Å². The van der Waals surface area contributed by atoms with Crippen LogP contribution in [-0.4, -0.2) is 55.2 Å². The summed E-state index contributed by atoms with van der Waals surface area (Å²) >= 11 is 0. The van der Waals surface area contributed by atoms with Gasteiger partial charge in [-0.3, -0.25) is 0 Å². The third-order valence-electron chi connectivity index (χ3n) is 4.51. The van der Waals surface area contributed by atoms with E-state index in [1.165, 1.54) is 37.6 Å². The lowest BCUT2D eigenvalue weighted by atomic mass is 10.2. The number of aromatic nitrogens is 2. The predicted octanol–water partition coefficient (Wildman–Crippen LogP) is 2.58. The van der Waals surface area contributed by atoms with Crippen LogP contribution >= 0.6 is 0 Å². The van der Waals surface area contributed by atoms with Gasteiger partial charge in [-0.25, -0.2) is 22.6 Å². The van der Waals surface area contributed by atoms with Crippen LogP contribution in [0.3, 0.4) is 0 Å². The Kier molecular flexibility index (Phi) is 8.36. The number of ether oxygens (including phenoxy) is 1. The molecule has 0 aliphatic heterocycles. The molecular formula is C20H29FN4O4S. The molecule has 1 N–H and O–H groups in total. The molecule has 0 fully saturated rings. The number of urea groups is 1. The predicted molar refractivity (Wildman–Crippen MR) is 111 cm³/mol. The van der Waals surface area contributed by atoms with E-state index in [-0.39, 0.29) is 42.7 Å². The van der Waals surface area contributed by atoms with Crippen LogP contribution in [-0.2, 0) is 33.4 Å². The minimum atomic E-state index is -3.80. The second-order valence-corrected chi connectivity index (χ2v) is 9.00. The van der Waals surface area contributed by atoms with Gasteiger partial charge in [-0.05, 0) is 38.5 Å². The van der Waals surface area contributed by atoms with Gasteiger partial charge in [0.1, 0.15) is 5.82 Å². The van der Waals surface area contributed by atoms with Crippen molar-refractivity contribution in [3.63, 3.8) is 0 Å². The monoisotopic (exact) mass is 440 g/mol. The van der Waals surface area contributed by atoms with E-state index in [1.807, 2.05) is 20.8 Å². The Morgan fingerprint density at radius 1 is 1.30 bits per heavy atom. The second-order valence-electron chi connectivity index (χ2n) is 7.12. The molecule has 30 heavy (non-hydrogen) atoms. The zero-order valence-corrected chi connectivity index (χ0v) is 18.6. The number of hydrogen-bond donors (Lipinski definition) is 1. The van der Waals surface area contributed by atoms with Crippen molar-refractivity contribution < 1.29 is 22.3 Å². The lowest BCUT2D eigenvalue weighted by Crippen LogP contribution is -2.43. The number of carbonyl (C=O) groups is 1. The van der Waals surface area contributed by atoms with Crippen LogP contribution in [0.25, 0.3) is 0 Å². The van der Waals surface area contributed by atoms with Crippen molar-refractivity contribution in [1.82, 2.24) is 19.8 Å². The minimum absolute atomic E-state index is 0.0957. The molecule has 0 aliphatic rings. The van der Waals surface area contributed by atoms with Crippen LogP contribution in [0.1, 0.15) is 32.0 Å². The summed E-state index contributed by atoms with van der Waals surface area (Å²) in [7, 11) is -2.27. The van der Waals surface area contributed by atoms with E-state index >= 15 is 0 Å². The number of nitrogens with zero attached hydrogens (tertiary/aromatic N) is 3. The molecule has 2 amide bonds. The number of sulfone groups is 1. The first kappa shape index (κ1) is 23.8. The number of methoxy groups -OCH3 is 1.